The molecule has 1 aliphatic heterocycles. The first-order chi connectivity index (χ1) is 10.6. The minimum atomic E-state index is 0.802. The first kappa shape index (κ1) is 15.8. The van der Waals surface area contributed by atoms with Crippen LogP contribution in [-0.4, -0.2) is 6.54 Å². The lowest BCUT2D eigenvalue weighted by molar-refractivity contribution is 1.32. The third-order valence-corrected chi connectivity index (χ3v) is 3.68. The first-order valence-electron chi connectivity index (χ1n) is 7.50. The van der Waals surface area contributed by atoms with Gasteiger partial charge in [-0.15, -0.1) is 0 Å². The summed E-state index contributed by atoms with van der Waals surface area (Å²) < 4.78 is 0. The molecule has 0 radical (unpaired) electrons. The summed E-state index contributed by atoms with van der Waals surface area (Å²) in [5.41, 5.74) is 6.82. The van der Waals surface area contributed by atoms with E-state index in [0.717, 1.165) is 28.9 Å². The zero-order valence-electron chi connectivity index (χ0n) is 13.4. The van der Waals surface area contributed by atoms with E-state index in [1.165, 1.54) is 11.1 Å². The van der Waals surface area contributed by atoms with Crippen molar-refractivity contribution in [3.63, 3.8) is 0 Å². The molecule has 0 unspecified atom stereocenters. The van der Waals surface area contributed by atoms with Crippen LogP contribution in [0.15, 0.2) is 90.6 Å². The van der Waals surface area contributed by atoms with Crippen molar-refractivity contribution in [1.82, 2.24) is 0 Å². The van der Waals surface area contributed by atoms with E-state index in [0.29, 0.717) is 0 Å². The molecule has 0 amide bonds. The van der Waals surface area contributed by atoms with Gasteiger partial charge in [0.15, 0.2) is 0 Å². The molecule has 1 aliphatic rings. The number of hydrogen-bond acceptors (Lipinski definition) is 1. The third kappa shape index (κ3) is 3.98. The average molecular weight is 289 g/mol. The predicted molar refractivity (Wildman–Crippen MR) is 98.9 cm³/mol. The van der Waals surface area contributed by atoms with Crippen molar-refractivity contribution in [2.24, 2.45) is 0 Å². The van der Waals surface area contributed by atoms with Gasteiger partial charge >= 0.3 is 0 Å². The molecule has 1 aromatic rings. The summed E-state index contributed by atoms with van der Waals surface area (Å²) in [6, 6.07) is 8.28. The van der Waals surface area contributed by atoms with Crippen LogP contribution in [0.1, 0.15) is 19.4 Å². The maximum absolute atomic E-state index is 4.23. The molecule has 0 aliphatic carbocycles. The lowest BCUT2D eigenvalue weighted by atomic mass is 9.99. The van der Waals surface area contributed by atoms with Gasteiger partial charge in [0.05, 0.1) is 0 Å². The number of benzene rings is 1. The first-order valence-corrected chi connectivity index (χ1v) is 7.50. The highest BCUT2D eigenvalue weighted by Crippen LogP contribution is 2.27. The molecule has 0 aromatic heterocycles. The number of fused-ring (bicyclic) bond motifs is 1. The van der Waals surface area contributed by atoms with Crippen molar-refractivity contribution in [3.8, 4) is 0 Å². The Balaban J connectivity index is 2.40. The van der Waals surface area contributed by atoms with Crippen LogP contribution in [0.4, 0.5) is 5.69 Å². The van der Waals surface area contributed by atoms with Gasteiger partial charge in [-0.2, -0.15) is 0 Å². The zero-order chi connectivity index (χ0) is 15.9. The molecule has 1 heteroatoms. The van der Waals surface area contributed by atoms with Gasteiger partial charge in [-0.3, -0.25) is 0 Å². The Bertz CT molecular complexity index is 696. The maximum Gasteiger partial charge on any atom is 0.0422 e. The van der Waals surface area contributed by atoms with Crippen molar-refractivity contribution in [1.29, 1.82) is 0 Å². The third-order valence-electron chi connectivity index (χ3n) is 3.68. The highest BCUT2D eigenvalue weighted by atomic mass is 14.9. The van der Waals surface area contributed by atoms with Crippen LogP contribution in [0.5, 0.6) is 0 Å². The van der Waals surface area contributed by atoms with E-state index < -0.39 is 0 Å². The highest BCUT2D eigenvalue weighted by molar-refractivity contribution is 5.82. The summed E-state index contributed by atoms with van der Waals surface area (Å²) in [4.78, 5) is 0. The molecule has 22 heavy (non-hydrogen) atoms. The zero-order valence-corrected chi connectivity index (χ0v) is 13.4. The number of nitrogens with one attached hydrogen (secondary N) is 1. The molecular weight excluding hydrogens is 266 g/mol. The molecule has 112 valence electrons. The molecular formula is C21H23N. The number of hydrogen-bond donors (Lipinski definition) is 1. The number of para-hydroxylation sites is 1. The van der Waals surface area contributed by atoms with Crippen molar-refractivity contribution < 1.29 is 0 Å². The Kier molecular flexibility index (Phi) is 5.37. The van der Waals surface area contributed by atoms with Crippen molar-refractivity contribution in [2.75, 3.05) is 11.9 Å². The summed E-state index contributed by atoms with van der Waals surface area (Å²) in [6.07, 6.45) is 12.5. The minimum Gasteiger partial charge on any atom is -0.381 e. The topological polar surface area (TPSA) is 12.0 Å². The Hall–Kier alpha value is -2.54. The highest BCUT2D eigenvalue weighted by Gasteiger charge is 2.06. The maximum atomic E-state index is 4.23. The van der Waals surface area contributed by atoms with Crippen LogP contribution in [0.2, 0.25) is 0 Å². The Labute approximate surface area is 133 Å². The molecule has 2 rings (SSSR count). The van der Waals surface area contributed by atoms with E-state index in [1.807, 2.05) is 25.1 Å². The Morgan fingerprint density at radius 3 is 2.73 bits per heavy atom. The van der Waals surface area contributed by atoms with Gasteiger partial charge in [0.2, 0.25) is 0 Å². The van der Waals surface area contributed by atoms with Crippen LogP contribution in [0, 0.1) is 0 Å². The monoisotopic (exact) mass is 289 g/mol. The number of anilines is 1. The Morgan fingerprint density at radius 1 is 1.18 bits per heavy atom. The second-order valence-electron chi connectivity index (χ2n) is 5.42. The minimum absolute atomic E-state index is 0.802. The number of rotatable bonds is 3. The fourth-order valence-electron chi connectivity index (χ4n) is 2.25. The summed E-state index contributed by atoms with van der Waals surface area (Å²) in [5.74, 6) is 0. The van der Waals surface area contributed by atoms with E-state index >= 15 is 0 Å². The van der Waals surface area contributed by atoms with Crippen LogP contribution in [0.3, 0.4) is 0 Å². The van der Waals surface area contributed by atoms with Crippen LogP contribution >= 0.6 is 0 Å². The van der Waals surface area contributed by atoms with Crippen LogP contribution in [-0.2, 0) is 0 Å². The van der Waals surface area contributed by atoms with Crippen molar-refractivity contribution in [3.05, 3.63) is 96.2 Å². The SMILES string of the molecule is C=C\C(C)=C/C=C(C)/C1=C/C(=C)c2ccccc2NC/C=C\1. The smallest absolute Gasteiger partial charge is 0.0422 e. The van der Waals surface area contributed by atoms with Gasteiger partial charge in [-0.25, -0.2) is 0 Å². The van der Waals surface area contributed by atoms with Crippen LogP contribution in [0.25, 0.3) is 5.57 Å². The summed E-state index contributed by atoms with van der Waals surface area (Å²) in [6.45, 7) is 13.0. The van der Waals surface area contributed by atoms with Crippen molar-refractivity contribution >= 4 is 11.3 Å². The van der Waals surface area contributed by atoms with E-state index in [4.69, 9.17) is 0 Å². The molecule has 0 atom stereocenters. The summed E-state index contributed by atoms with van der Waals surface area (Å²) in [7, 11) is 0. The Morgan fingerprint density at radius 2 is 1.95 bits per heavy atom. The van der Waals surface area contributed by atoms with Gasteiger partial charge in [0.25, 0.3) is 0 Å². The molecule has 0 spiro atoms. The van der Waals surface area contributed by atoms with Gasteiger partial charge in [0, 0.05) is 17.8 Å². The van der Waals surface area contributed by atoms with E-state index in [1.54, 1.807) is 0 Å². The molecule has 1 heterocycles. The normalized spacial score (nSPS) is 19.7. The van der Waals surface area contributed by atoms with Gasteiger partial charge in [-0.1, -0.05) is 67.3 Å². The molecule has 0 saturated heterocycles. The van der Waals surface area contributed by atoms with E-state index in [9.17, 15) is 0 Å². The van der Waals surface area contributed by atoms with Gasteiger partial charge in [-0.05, 0) is 42.7 Å². The predicted octanol–water partition coefficient (Wildman–Crippen LogP) is 5.69. The molecule has 0 saturated carbocycles. The second-order valence-corrected chi connectivity index (χ2v) is 5.42. The molecule has 0 fully saturated rings. The molecule has 1 nitrogen and oxygen atoms in total. The van der Waals surface area contributed by atoms with Crippen molar-refractivity contribution in [2.45, 2.75) is 13.8 Å². The molecule has 1 N–H and O–H groups in total. The largest absolute Gasteiger partial charge is 0.381 e. The fraction of sp³-hybridized carbons (Fsp3) is 0.143. The quantitative estimate of drug-likeness (QED) is 0.705. The standard InChI is InChI=1S/C21H23N/c1-5-16(2)12-13-17(3)19-9-8-14-22-21-11-7-6-10-20(21)18(4)15-19/h5-13,15,22H,1,4,14H2,2-3H3/b9-8-,16-12-,17-13+,19-15+. The fourth-order valence-corrected chi connectivity index (χ4v) is 2.25. The number of allylic oxidation sites excluding steroid dienone is 9. The molecule has 1 aromatic carbocycles. The van der Waals surface area contributed by atoms with Crippen LogP contribution < -0.4 is 5.32 Å². The van der Waals surface area contributed by atoms with Gasteiger partial charge in [0.1, 0.15) is 0 Å². The summed E-state index contributed by atoms with van der Waals surface area (Å²) in [5, 5.41) is 3.43. The lowest BCUT2D eigenvalue weighted by Gasteiger charge is -2.10. The second kappa shape index (κ2) is 7.46. The average Bonchev–Trinajstić information content (AvgIpc) is 2.62. The van der Waals surface area contributed by atoms with Gasteiger partial charge < -0.3 is 5.32 Å². The van der Waals surface area contributed by atoms with E-state index in [2.05, 4.69) is 67.9 Å². The van der Waals surface area contributed by atoms with E-state index in [-0.39, 0.29) is 0 Å². The molecule has 0 bridgehead atoms. The lowest BCUT2D eigenvalue weighted by Crippen LogP contribution is -2.00. The summed E-state index contributed by atoms with van der Waals surface area (Å²) >= 11 is 0.